The van der Waals surface area contributed by atoms with E-state index in [1.54, 1.807) is 0 Å². The molecule has 0 saturated carbocycles. The van der Waals surface area contributed by atoms with Gasteiger partial charge in [-0.1, -0.05) is 91.4 Å². The van der Waals surface area contributed by atoms with Gasteiger partial charge in [-0.15, -0.1) is 0 Å². The van der Waals surface area contributed by atoms with Crippen LogP contribution in [0.15, 0.2) is 0 Å². The molecule has 0 aliphatic heterocycles. The van der Waals surface area contributed by atoms with E-state index < -0.39 is 5.97 Å². The zero-order chi connectivity index (χ0) is 18.8. The molecule has 0 amide bonds. The highest BCUT2D eigenvalue weighted by Crippen LogP contribution is 2.16. The Hall–Kier alpha value is -0.570. The summed E-state index contributed by atoms with van der Waals surface area (Å²) in [6.07, 6.45) is 18.0. The van der Waals surface area contributed by atoms with Gasteiger partial charge in [-0.25, -0.2) is 0 Å². The lowest BCUT2D eigenvalue weighted by molar-refractivity contribution is -0.138. The Bertz CT molecular complexity index is 278. The highest BCUT2D eigenvalue weighted by Gasteiger charge is 2.20. The molecule has 0 rings (SSSR count). The summed E-state index contributed by atoms with van der Waals surface area (Å²) in [6.45, 7) is 8.84. The maximum atomic E-state index is 11.3. The third-order valence-corrected chi connectivity index (χ3v) is 5.15. The number of carbonyl (C=O) groups is 1. The van der Waals surface area contributed by atoms with E-state index in [1.807, 2.05) is 0 Å². The summed E-state index contributed by atoms with van der Waals surface area (Å²) in [5.74, 6) is -0.644. The van der Waals surface area contributed by atoms with Crippen LogP contribution in [0.2, 0.25) is 0 Å². The lowest BCUT2D eigenvalue weighted by atomic mass is 10.0. The first kappa shape index (κ1) is 24.4. The van der Waals surface area contributed by atoms with E-state index in [0.717, 1.165) is 25.9 Å². The van der Waals surface area contributed by atoms with E-state index in [2.05, 4.69) is 25.7 Å². The van der Waals surface area contributed by atoms with E-state index in [-0.39, 0.29) is 6.04 Å². The molecule has 0 radical (unpaired) electrons. The number of carboxylic acids is 1. The van der Waals surface area contributed by atoms with Crippen LogP contribution in [0.25, 0.3) is 0 Å². The predicted octanol–water partition coefficient (Wildman–Crippen LogP) is 6.65. The molecule has 1 unspecified atom stereocenters. The number of carboxylic acid groups (broad SMARTS) is 1. The van der Waals surface area contributed by atoms with Crippen LogP contribution in [0.4, 0.5) is 0 Å². The molecule has 0 aliphatic carbocycles. The van der Waals surface area contributed by atoms with E-state index in [0.29, 0.717) is 6.42 Å². The zero-order valence-corrected chi connectivity index (χ0v) is 17.4. The highest BCUT2D eigenvalue weighted by molar-refractivity contribution is 5.67. The number of nitrogens with zero attached hydrogens (tertiary/aromatic N) is 1. The highest BCUT2D eigenvalue weighted by atomic mass is 16.4. The molecular weight excluding hydrogens is 310 g/mol. The first-order valence-electron chi connectivity index (χ1n) is 11.1. The molecule has 0 bridgehead atoms. The fourth-order valence-electron chi connectivity index (χ4n) is 3.62. The second kappa shape index (κ2) is 18.2. The Kier molecular flexibility index (Phi) is 17.8. The van der Waals surface area contributed by atoms with Crippen LogP contribution in [-0.4, -0.2) is 35.1 Å². The van der Waals surface area contributed by atoms with Crippen LogP contribution in [-0.2, 0) is 4.79 Å². The molecule has 0 fully saturated rings. The summed E-state index contributed by atoms with van der Waals surface area (Å²) < 4.78 is 0. The molecule has 0 aromatic rings. The number of hydrogen-bond acceptors (Lipinski definition) is 2. The van der Waals surface area contributed by atoms with Crippen LogP contribution in [0.3, 0.4) is 0 Å². The van der Waals surface area contributed by atoms with Crippen LogP contribution in [0.5, 0.6) is 0 Å². The van der Waals surface area contributed by atoms with Gasteiger partial charge in [0.15, 0.2) is 0 Å². The van der Waals surface area contributed by atoms with E-state index in [9.17, 15) is 9.90 Å². The second-order valence-electron chi connectivity index (χ2n) is 7.61. The van der Waals surface area contributed by atoms with Crippen molar-refractivity contribution in [3.63, 3.8) is 0 Å². The molecule has 0 spiro atoms. The van der Waals surface area contributed by atoms with Crippen LogP contribution < -0.4 is 0 Å². The quantitative estimate of drug-likeness (QED) is 0.264. The molecule has 0 heterocycles. The molecular formula is C22H45NO2. The van der Waals surface area contributed by atoms with Crippen molar-refractivity contribution in [3.8, 4) is 0 Å². The third kappa shape index (κ3) is 15.4. The van der Waals surface area contributed by atoms with Crippen molar-refractivity contribution in [1.29, 1.82) is 0 Å². The van der Waals surface area contributed by atoms with Crippen LogP contribution >= 0.6 is 0 Å². The number of rotatable bonds is 19. The van der Waals surface area contributed by atoms with Crippen molar-refractivity contribution >= 4 is 5.97 Å². The average Bonchev–Trinajstić information content (AvgIpc) is 2.58. The van der Waals surface area contributed by atoms with Gasteiger partial charge in [0, 0.05) is 6.04 Å². The summed E-state index contributed by atoms with van der Waals surface area (Å²) in [6, 6.07) is 0.230. The van der Waals surface area contributed by atoms with Gasteiger partial charge in [0.25, 0.3) is 0 Å². The summed E-state index contributed by atoms with van der Waals surface area (Å²) in [4.78, 5) is 13.8. The lowest BCUT2D eigenvalue weighted by Gasteiger charge is -2.31. The molecule has 1 atom stereocenters. The smallest absolute Gasteiger partial charge is 0.304 e. The molecule has 0 aromatic carbocycles. The van der Waals surface area contributed by atoms with Crippen molar-refractivity contribution in [2.24, 2.45) is 0 Å². The largest absolute Gasteiger partial charge is 0.481 e. The Morgan fingerprint density at radius 1 is 0.720 bits per heavy atom. The van der Waals surface area contributed by atoms with Gasteiger partial charge in [-0.05, 0) is 32.4 Å². The summed E-state index contributed by atoms with van der Waals surface area (Å²) in [5.41, 5.74) is 0. The Balaban J connectivity index is 4.28. The molecule has 150 valence electrons. The average molecular weight is 356 g/mol. The van der Waals surface area contributed by atoms with Gasteiger partial charge in [-0.3, -0.25) is 9.69 Å². The first-order valence-corrected chi connectivity index (χ1v) is 11.1. The van der Waals surface area contributed by atoms with Crippen molar-refractivity contribution in [2.75, 3.05) is 13.1 Å². The van der Waals surface area contributed by atoms with Crippen molar-refractivity contribution in [1.82, 2.24) is 4.90 Å². The monoisotopic (exact) mass is 355 g/mol. The normalized spacial score (nSPS) is 12.6. The van der Waals surface area contributed by atoms with Gasteiger partial charge < -0.3 is 5.11 Å². The van der Waals surface area contributed by atoms with Gasteiger partial charge in [-0.2, -0.15) is 0 Å². The number of aliphatic carboxylic acids is 1. The topological polar surface area (TPSA) is 40.5 Å². The number of hydrogen-bond donors (Lipinski definition) is 1. The minimum absolute atomic E-state index is 0.230. The summed E-state index contributed by atoms with van der Waals surface area (Å²) >= 11 is 0. The van der Waals surface area contributed by atoms with E-state index in [4.69, 9.17) is 0 Å². The minimum Gasteiger partial charge on any atom is -0.481 e. The first-order chi connectivity index (χ1) is 12.2. The van der Waals surface area contributed by atoms with Crippen molar-refractivity contribution in [2.45, 2.75) is 123 Å². The lowest BCUT2D eigenvalue weighted by Crippen LogP contribution is -2.38. The summed E-state index contributed by atoms with van der Waals surface area (Å²) in [5, 5.41) is 9.27. The third-order valence-electron chi connectivity index (χ3n) is 5.15. The van der Waals surface area contributed by atoms with Gasteiger partial charge in [0.05, 0.1) is 6.42 Å². The van der Waals surface area contributed by atoms with Gasteiger partial charge in [0.1, 0.15) is 0 Å². The van der Waals surface area contributed by atoms with E-state index in [1.165, 1.54) is 77.0 Å². The molecule has 3 nitrogen and oxygen atoms in total. The molecule has 0 aliphatic rings. The fraction of sp³-hybridized carbons (Fsp3) is 0.955. The standard InChI is InChI=1S/C22H45NO2/c1-4-7-9-11-13-15-18-23(19-16-14-12-10-8-5-2)21(17-6-3)20-22(24)25/h21H,4-20H2,1-3H3,(H,24,25). The maximum absolute atomic E-state index is 11.3. The van der Waals surface area contributed by atoms with Gasteiger partial charge in [0.2, 0.25) is 0 Å². The molecule has 0 saturated heterocycles. The van der Waals surface area contributed by atoms with E-state index >= 15 is 0 Å². The Labute approximate surface area is 157 Å². The molecule has 3 heteroatoms. The molecule has 1 N–H and O–H groups in total. The predicted molar refractivity (Wildman–Crippen MR) is 109 cm³/mol. The van der Waals surface area contributed by atoms with Crippen LogP contribution in [0, 0.1) is 0 Å². The minimum atomic E-state index is -0.644. The number of unbranched alkanes of at least 4 members (excludes halogenated alkanes) is 10. The molecule has 25 heavy (non-hydrogen) atoms. The second-order valence-corrected chi connectivity index (χ2v) is 7.61. The van der Waals surface area contributed by atoms with Crippen molar-refractivity contribution < 1.29 is 9.90 Å². The zero-order valence-electron chi connectivity index (χ0n) is 17.4. The molecule has 0 aromatic heterocycles. The van der Waals surface area contributed by atoms with Crippen LogP contribution in [0.1, 0.15) is 117 Å². The van der Waals surface area contributed by atoms with Gasteiger partial charge >= 0.3 is 5.97 Å². The Morgan fingerprint density at radius 3 is 1.56 bits per heavy atom. The van der Waals surface area contributed by atoms with Crippen molar-refractivity contribution in [3.05, 3.63) is 0 Å². The Morgan fingerprint density at radius 2 is 1.16 bits per heavy atom. The fourth-order valence-corrected chi connectivity index (χ4v) is 3.62. The SMILES string of the molecule is CCCCCCCCN(CCCCCCCC)C(CCC)CC(=O)O. The summed E-state index contributed by atoms with van der Waals surface area (Å²) in [7, 11) is 0. The maximum Gasteiger partial charge on any atom is 0.304 e.